The molecule has 1 aromatic carbocycles. The first-order chi connectivity index (χ1) is 7.76. The van der Waals surface area contributed by atoms with Gasteiger partial charge in [-0.2, -0.15) is 0 Å². The van der Waals surface area contributed by atoms with Crippen molar-refractivity contribution >= 4 is 5.97 Å². The Labute approximate surface area is 94.4 Å². The molecule has 0 aliphatic rings. The molecule has 0 N–H and O–H groups in total. The Hall–Kier alpha value is -1.81. The fourth-order valence-corrected chi connectivity index (χ4v) is 1.04. The van der Waals surface area contributed by atoms with Crippen molar-refractivity contribution < 1.29 is 19.0 Å². The van der Waals surface area contributed by atoms with E-state index >= 15 is 0 Å². The van der Waals surface area contributed by atoms with Crippen molar-refractivity contribution in [2.45, 2.75) is 0 Å². The van der Waals surface area contributed by atoms with Crippen LogP contribution < -0.4 is 9.47 Å². The lowest BCUT2D eigenvalue weighted by molar-refractivity contribution is -0.138. The fourth-order valence-electron chi connectivity index (χ4n) is 1.04. The number of ether oxygens (including phenoxy) is 3. The molecule has 1 rings (SSSR count). The predicted octanol–water partition coefficient (Wildman–Crippen LogP) is 1.80. The van der Waals surface area contributed by atoms with Crippen molar-refractivity contribution in [2.24, 2.45) is 0 Å². The maximum absolute atomic E-state index is 11.1. The van der Waals surface area contributed by atoms with Gasteiger partial charge in [0.25, 0.3) is 0 Å². The number of methoxy groups -OCH3 is 1. The molecule has 0 bridgehead atoms. The van der Waals surface area contributed by atoms with E-state index in [4.69, 9.17) is 9.47 Å². The van der Waals surface area contributed by atoms with E-state index in [1.165, 1.54) is 7.11 Å². The van der Waals surface area contributed by atoms with Gasteiger partial charge >= 0.3 is 5.97 Å². The van der Waals surface area contributed by atoms with E-state index in [0.717, 1.165) is 0 Å². The normalized spacial score (nSPS) is 9.56. The molecule has 0 radical (unpaired) electrons. The lowest BCUT2D eigenvalue weighted by Crippen LogP contribution is -2.13. The summed E-state index contributed by atoms with van der Waals surface area (Å²) in [6, 6.07) is 6.76. The van der Waals surface area contributed by atoms with Gasteiger partial charge in [-0.25, -0.2) is 4.79 Å². The molecule has 0 unspecified atom stereocenters. The Morgan fingerprint density at radius 1 is 1.31 bits per heavy atom. The molecule has 0 saturated heterocycles. The second-order valence-electron chi connectivity index (χ2n) is 2.98. The predicted molar refractivity (Wildman–Crippen MR) is 59.6 cm³/mol. The lowest BCUT2D eigenvalue weighted by atomic mass is 10.3. The van der Waals surface area contributed by atoms with E-state index in [1.54, 1.807) is 30.3 Å². The molecule has 1 aromatic rings. The molecule has 4 heteroatoms. The van der Waals surface area contributed by atoms with E-state index in [-0.39, 0.29) is 6.61 Å². The number of rotatable bonds is 6. The molecule has 0 saturated carbocycles. The average molecular weight is 222 g/mol. The Kier molecular flexibility index (Phi) is 5.08. The number of esters is 1. The topological polar surface area (TPSA) is 44.8 Å². The zero-order valence-electron chi connectivity index (χ0n) is 9.14. The Morgan fingerprint density at radius 2 is 1.94 bits per heavy atom. The highest BCUT2D eigenvalue weighted by Gasteiger charge is 2.03. The van der Waals surface area contributed by atoms with Gasteiger partial charge in [0.2, 0.25) is 0 Å². The van der Waals surface area contributed by atoms with E-state index in [1.807, 2.05) is 0 Å². The van der Waals surface area contributed by atoms with Gasteiger partial charge in [0.1, 0.15) is 24.7 Å². The standard InChI is InChI=1S/C12H14O4/c1-3-8-15-10-4-6-11(7-5-10)16-12(13)9-14-2/h3-7H,1,8-9H2,2H3. The Morgan fingerprint density at radius 3 is 2.50 bits per heavy atom. The minimum atomic E-state index is -0.428. The molecule has 86 valence electrons. The molecule has 0 spiro atoms. The largest absolute Gasteiger partial charge is 0.490 e. The zero-order chi connectivity index (χ0) is 11.8. The summed E-state index contributed by atoms with van der Waals surface area (Å²) in [5.74, 6) is 0.738. The van der Waals surface area contributed by atoms with Crippen LogP contribution in [0.4, 0.5) is 0 Å². The molecular weight excluding hydrogens is 208 g/mol. The van der Waals surface area contributed by atoms with Crippen LogP contribution in [0.1, 0.15) is 0 Å². The van der Waals surface area contributed by atoms with Crippen molar-refractivity contribution in [1.82, 2.24) is 0 Å². The van der Waals surface area contributed by atoms with Gasteiger partial charge in [-0.15, -0.1) is 0 Å². The molecule has 0 atom stereocenters. The number of hydrogen-bond donors (Lipinski definition) is 0. The molecule has 4 nitrogen and oxygen atoms in total. The van der Waals surface area contributed by atoms with Crippen molar-refractivity contribution in [3.8, 4) is 11.5 Å². The molecule has 0 amide bonds. The maximum Gasteiger partial charge on any atom is 0.337 e. The highest BCUT2D eigenvalue weighted by atomic mass is 16.6. The van der Waals surface area contributed by atoms with Crippen LogP contribution in [0.15, 0.2) is 36.9 Å². The summed E-state index contributed by atoms with van der Waals surface area (Å²) in [7, 11) is 1.44. The Bertz CT molecular complexity index is 343. The van der Waals surface area contributed by atoms with Crippen molar-refractivity contribution in [1.29, 1.82) is 0 Å². The van der Waals surface area contributed by atoms with Crippen molar-refractivity contribution in [2.75, 3.05) is 20.3 Å². The minimum absolute atomic E-state index is 0.0608. The van der Waals surface area contributed by atoms with Crippen LogP contribution >= 0.6 is 0 Å². The lowest BCUT2D eigenvalue weighted by Gasteiger charge is -2.05. The van der Waals surface area contributed by atoms with Crippen LogP contribution in [0.5, 0.6) is 11.5 Å². The van der Waals surface area contributed by atoms with Crippen LogP contribution in [0, 0.1) is 0 Å². The fraction of sp³-hybridized carbons (Fsp3) is 0.250. The maximum atomic E-state index is 11.1. The van der Waals surface area contributed by atoms with Crippen LogP contribution in [-0.4, -0.2) is 26.3 Å². The van der Waals surface area contributed by atoms with Crippen LogP contribution in [0.2, 0.25) is 0 Å². The van der Waals surface area contributed by atoms with Crippen LogP contribution in [0.25, 0.3) is 0 Å². The van der Waals surface area contributed by atoms with E-state index in [2.05, 4.69) is 11.3 Å². The number of hydrogen-bond acceptors (Lipinski definition) is 4. The summed E-state index contributed by atoms with van der Waals surface area (Å²) in [6.07, 6.45) is 1.66. The van der Waals surface area contributed by atoms with E-state index in [9.17, 15) is 4.79 Å². The SMILES string of the molecule is C=CCOc1ccc(OC(=O)COC)cc1. The molecule has 0 heterocycles. The van der Waals surface area contributed by atoms with Crippen LogP contribution in [0.3, 0.4) is 0 Å². The molecule has 0 aliphatic heterocycles. The zero-order valence-corrected chi connectivity index (χ0v) is 9.14. The van der Waals surface area contributed by atoms with Gasteiger partial charge in [-0.1, -0.05) is 12.7 Å². The third-order valence-electron chi connectivity index (χ3n) is 1.69. The smallest absolute Gasteiger partial charge is 0.337 e. The first-order valence-electron chi connectivity index (χ1n) is 4.79. The molecular formula is C12H14O4. The van der Waals surface area contributed by atoms with Gasteiger partial charge in [0.05, 0.1) is 0 Å². The first-order valence-corrected chi connectivity index (χ1v) is 4.79. The average Bonchev–Trinajstić information content (AvgIpc) is 2.28. The van der Waals surface area contributed by atoms with Crippen molar-refractivity contribution in [3.63, 3.8) is 0 Å². The monoisotopic (exact) mass is 222 g/mol. The van der Waals surface area contributed by atoms with Gasteiger partial charge < -0.3 is 14.2 Å². The second kappa shape index (κ2) is 6.63. The quantitative estimate of drug-likeness (QED) is 0.418. The van der Waals surface area contributed by atoms with Gasteiger partial charge in [0, 0.05) is 7.11 Å². The minimum Gasteiger partial charge on any atom is -0.490 e. The highest BCUT2D eigenvalue weighted by Crippen LogP contribution is 2.17. The first kappa shape index (κ1) is 12.3. The highest BCUT2D eigenvalue weighted by molar-refractivity contribution is 5.73. The third kappa shape index (κ3) is 4.14. The van der Waals surface area contributed by atoms with Gasteiger partial charge in [0.15, 0.2) is 0 Å². The van der Waals surface area contributed by atoms with Crippen molar-refractivity contribution in [3.05, 3.63) is 36.9 Å². The number of carbonyl (C=O) groups is 1. The Balaban J connectivity index is 2.50. The molecule has 0 fully saturated rings. The summed E-state index contributed by atoms with van der Waals surface area (Å²) < 4.78 is 14.9. The van der Waals surface area contributed by atoms with Gasteiger partial charge in [-0.05, 0) is 24.3 Å². The molecule has 0 aromatic heterocycles. The molecule has 16 heavy (non-hydrogen) atoms. The van der Waals surface area contributed by atoms with Gasteiger partial charge in [-0.3, -0.25) is 0 Å². The third-order valence-corrected chi connectivity index (χ3v) is 1.69. The summed E-state index contributed by atoms with van der Waals surface area (Å²) in [5, 5.41) is 0. The summed E-state index contributed by atoms with van der Waals surface area (Å²) in [6.45, 7) is 3.93. The number of carbonyl (C=O) groups excluding carboxylic acids is 1. The van der Waals surface area contributed by atoms with E-state index < -0.39 is 5.97 Å². The summed E-state index contributed by atoms with van der Waals surface area (Å²) in [5.41, 5.74) is 0. The van der Waals surface area contributed by atoms with Crippen LogP contribution in [-0.2, 0) is 9.53 Å². The summed E-state index contributed by atoms with van der Waals surface area (Å²) >= 11 is 0. The van der Waals surface area contributed by atoms with E-state index in [0.29, 0.717) is 18.1 Å². The second-order valence-corrected chi connectivity index (χ2v) is 2.98. The summed E-state index contributed by atoms with van der Waals surface area (Å²) in [4.78, 5) is 11.1. The molecule has 0 aliphatic carbocycles. The number of benzene rings is 1.